The Morgan fingerprint density at radius 3 is 2.50 bits per heavy atom. The summed E-state index contributed by atoms with van der Waals surface area (Å²) in [7, 11) is 0. The number of carboxylic acids is 1. The lowest BCUT2D eigenvalue weighted by Crippen LogP contribution is -2.46. The molecule has 1 unspecified atom stereocenters. The SMILES string of the molecule is CCc1cc(C(=N)N)ccc1C(N)(CC=O)C(=O)O.Cl. The van der Waals surface area contributed by atoms with Crippen molar-refractivity contribution in [3.8, 4) is 0 Å². The molecule has 0 heterocycles. The molecule has 1 rings (SSSR count). The van der Waals surface area contributed by atoms with Gasteiger partial charge >= 0.3 is 5.97 Å². The molecule has 0 aliphatic rings. The molecule has 7 heteroatoms. The van der Waals surface area contributed by atoms with Crippen LogP contribution in [0.1, 0.15) is 30.0 Å². The van der Waals surface area contributed by atoms with E-state index >= 15 is 0 Å². The van der Waals surface area contributed by atoms with Crippen LogP contribution in [-0.4, -0.2) is 23.2 Å². The maximum absolute atomic E-state index is 11.3. The number of carboxylic acid groups (broad SMARTS) is 1. The molecule has 0 amide bonds. The van der Waals surface area contributed by atoms with Crippen LogP contribution in [0.25, 0.3) is 0 Å². The van der Waals surface area contributed by atoms with Gasteiger partial charge in [0, 0.05) is 12.0 Å². The van der Waals surface area contributed by atoms with Crippen LogP contribution < -0.4 is 11.5 Å². The van der Waals surface area contributed by atoms with Gasteiger partial charge < -0.3 is 21.4 Å². The number of rotatable bonds is 6. The number of nitrogens with two attached hydrogens (primary N) is 2. The molecular formula is C13H18ClN3O3. The highest BCUT2D eigenvalue weighted by atomic mass is 35.5. The van der Waals surface area contributed by atoms with E-state index in [1.54, 1.807) is 6.07 Å². The minimum Gasteiger partial charge on any atom is -0.480 e. The van der Waals surface area contributed by atoms with Crippen LogP contribution in [0.2, 0.25) is 0 Å². The van der Waals surface area contributed by atoms with Gasteiger partial charge in [0.15, 0.2) is 0 Å². The molecule has 6 nitrogen and oxygen atoms in total. The van der Waals surface area contributed by atoms with Gasteiger partial charge in [-0.15, -0.1) is 12.4 Å². The molecule has 0 fully saturated rings. The number of nitrogens with one attached hydrogen (secondary N) is 1. The van der Waals surface area contributed by atoms with Gasteiger partial charge in [-0.1, -0.05) is 19.1 Å². The van der Waals surface area contributed by atoms with Gasteiger partial charge in [-0.25, -0.2) is 4.79 Å². The summed E-state index contributed by atoms with van der Waals surface area (Å²) >= 11 is 0. The summed E-state index contributed by atoms with van der Waals surface area (Å²) in [5.41, 5.74) is 11.0. The third kappa shape index (κ3) is 3.34. The average Bonchev–Trinajstić information content (AvgIpc) is 2.37. The van der Waals surface area contributed by atoms with Gasteiger partial charge in [0.2, 0.25) is 0 Å². The van der Waals surface area contributed by atoms with Crippen LogP contribution in [0.4, 0.5) is 0 Å². The Morgan fingerprint density at radius 1 is 1.50 bits per heavy atom. The van der Waals surface area contributed by atoms with Crippen LogP contribution in [-0.2, 0) is 21.5 Å². The summed E-state index contributed by atoms with van der Waals surface area (Å²) in [6.07, 6.45) is 0.711. The first-order valence-electron chi connectivity index (χ1n) is 5.80. The van der Waals surface area contributed by atoms with Gasteiger partial charge in [0.1, 0.15) is 17.7 Å². The van der Waals surface area contributed by atoms with Crippen LogP contribution in [0, 0.1) is 5.41 Å². The van der Waals surface area contributed by atoms with Gasteiger partial charge in [-0.05, 0) is 23.6 Å². The zero-order chi connectivity index (χ0) is 14.6. The Morgan fingerprint density at radius 2 is 2.10 bits per heavy atom. The number of nitrogen functional groups attached to an aromatic ring is 1. The smallest absolute Gasteiger partial charge is 0.328 e. The molecule has 1 aromatic rings. The lowest BCUT2D eigenvalue weighted by atomic mass is 9.83. The van der Waals surface area contributed by atoms with Crippen molar-refractivity contribution in [1.82, 2.24) is 0 Å². The first kappa shape index (κ1) is 18.1. The number of aldehydes is 1. The molecule has 0 spiro atoms. The molecule has 0 saturated carbocycles. The average molecular weight is 300 g/mol. The molecule has 0 saturated heterocycles. The van der Waals surface area contributed by atoms with Crippen LogP contribution >= 0.6 is 12.4 Å². The fraction of sp³-hybridized carbons (Fsp3) is 0.308. The van der Waals surface area contributed by atoms with Crippen LogP contribution in [0.5, 0.6) is 0 Å². The van der Waals surface area contributed by atoms with Crippen molar-refractivity contribution >= 4 is 30.5 Å². The first-order valence-corrected chi connectivity index (χ1v) is 5.80. The van der Waals surface area contributed by atoms with E-state index in [9.17, 15) is 14.7 Å². The number of aryl methyl sites for hydroxylation is 1. The number of amidine groups is 1. The molecule has 1 atom stereocenters. The first-order chi connectivity index (χ1) is 8.86. The minimum atomic E-state index is -1.75. The number of aliphatic carboxylic acids is 1. The van der Waals surface area contributed by atoms with Crippen molar-refractivity contribution in [2.45, 2.75) is 25.3 Å². The Bertz CT molecular complexity index is 534. The molecule has 1 aromatic carbocycles. The third-order valence-corrected chi connectivity index (χ3v) is 3.06. The van der Waals surface area contributed by atoms with Crippen molar-refractivity contribution in [2.75, 3.05) is 0 Å². The zero-order valence-electron chi connectivity index (χ0n) is 11.1. The highest BCUT2D eigenvalue weighted by Gasteiger charge is 2.37. The van der Waals surface area contributed by atoms with E-state index in [0.29, 0.717) is 29.4 Å². The predicted molar refractivity (Wildman–Crippen MR) is 78.3 cm³/mol. The largest absolute Gasteiger partial charge is 0.480 e. The number of halogens is 1. The molecular weight excluding hydrogens is 282 g/mol. The monoisotopic (exact) mass is 299 g/mol. The second-order valence-electron chi connectivity index (χ2n) is 4.29. The standard InChI is InChI=1S/C13H17N3O3.ClH/c1-2-8-7-9(11(14)15)3-4-10(8)13(16,5-6-17)12(18)19;/h3-4,6-7H,2,5,16H2,1H3,(H3,14,15)(H,18,19);1H. The van der Waals surface area contributed by atoms with E-state index in [1.807, 2.05) is 6.92 Å². The topological polar surface area (TPSA) is 130 Å². The Balaban J connectivity index is 0.00000361. The lowest BCUT2D eigenvalue weighted by Gasteiger charge is -2.25. The molecule has 0 aliphatic carbocycles. The van der Waals surface area contributed by atoms with Crippen molar-refractivity contribution in [3.63, 3.8) is 0 Å². The molecule has 0 aliphatic heterocycles. The summed E-state index contributed by atoms with van der Waals surface area (Å²) in [5, 5.41) is 16.6. The Hall–Kier alpha value is -1.92. The fourth-order valence-electron chi connectivity index (χ4n) is 1.93. The third-order valence-electron chi connectivity index (χ3n) is 3.06. The molecule has 6 N–H and O–H groups in total. The Labute approximate surface area is 123 Å². The number of benzene rings is 1. The van der Waals surface area contributed by atoms with Gasteiger partial charge in [-0.2, -0.15) is 0 Å². The van der Waals surface area contributed by atoms with Crippen molar-refractivity contribution in [2.24, 2.45) is 11.5 Å². The van der Waals surface area contributed by atoms with Crippen molar-refractivity contribution < 1.29 is 14.7 Å². The van der Waals surface area contributed by atoms with E-state index in [2.05, 4.69) is 0 Å². The lowest BCUT2D eigenvalue weighted by molar-refractivity contribution is -0.145. The normalized spacial score (nSPS) is 12.9. The summed E-state index contributed by atoms with van der Waals surface area (Å²) in [5.74, 6) is -1.36. The van der Waals surface area contributed by atoms with Crippen molar-refractivity contribution in [3.05, 3.63) is 34.9 Å². The van der Waals surface area contributed by atoms with E-state index in [0.717, 1.165) is 0 Å². The number of hydrogen-bond acceptors (Lipinski definition) is 4. The molecule has 110 valence electrons. The Kier molecular flexibility index (Phi) is 6.35. The van der Waals surface area contributed by atoms with E-state index in [-0.39, 0.29) is 24.7 Å². The van der Waals surface area contributed by atoms with Crippen molar-refractivity contribution in [1.29, 1.82) is 5.41 Å². The second kappa shape index (κ2) is 7.02. The quantitative estimate of drug-likeness (QED) is 0.350. The van der Waals surface area contributed by atoms with Gasteiger partial charge in [0.05, 0.1) is 0 Å². The maximum atomic E-state index is 11.3. The molecule has 0 radical (unpaired) electrons. The minimum absolute atomic E-state index is 0. The summed E-state index contributed by atoms with van der Waals surface area (Å²) in [6, 6.07) is 4.69. The second-order valence-corrected chi connectivity index (χ2v) is 4.29. The maximum Gasteiger partial charge on any atom is 0.328 e. The number of carbonyl (C=O) groups is 2. The molecule has 0 bridgehead atoms. The zero-order valence-corrected chi connectivity index (χ0v) is 11.9. The summed E-state index contributed by atoms with van der Waals surface area (Å²) < 4.78 is 0. The molecule has 0 aromatic heterocycles. The predicted octanol–water partition coefficient (Wildman–Crippen LogP) is 0.782. The van der Waals surface area contributed by atoms with Gasteiger partial charge in [0.25, 0.3) is 0 Å². The van der Waals surface area contributed by atoms with E-state index in [4.69, 9.17) is 16.9 Å². The van der Waals surface area contributed by atoms with E-state index < -0.39 is 11.5 Å². The number of carbonyl (C=O) groups excluding carboxylic acids is 1. The summed E-state index contributed by atoms with van der Waals surface area (Å²) in [6.45, 7) is 1.84. The van der Waals surface area contributed by atoms with E-state index in [1.165, 1.54) is 12.1 Å². The summed E-state index contributed by atoms with van der Waals surface area (Å²) in [4.78, 5) is 22.0. The number of hydrogen-bond donors (Lipinski definition) is 4. The highest BCUT2D eigenvalue weighted by Crippen LogP contribution is 2.27. The molecule has 20 heavy (non-hydrogen) atoms. The highest BCUT2D eigenvalue weighted by molar-refractivity contribution is 5.95. The fourth-order valence-corrected chi connectivity index (χ4v) is 1.93. The van der Waals surface area contributed by atoms with Crippen LogP contribution in [0.15, 0.2) is 18.2 Å². The van der Waals surface area contributed by atoms with Gasteiger partial charge in [-0.3, -0.25) is 5.41 Å². The van der Waals surface area contributed by atoms with Crippen LogP contribution in [0.3, 0.4) is 0 Å².